The topological polar surface area (TPSA) is 36.9 Å². The molecule has 0 aromatic rings. The van der Waals surface area contributed by atoms with Gasteiger partial charge in [0.05, 0.1) is 0 Å². The van der Waals surface area contributed by atoms with Gasteiger partial charge in [-0.1, -0.05) is 41.5 Å². The molecule has 0 aromatic carbocycles. The Kier molecular flexibility index (Phi) is 11.9. The van der Waals surface area contributed by atoms with Gasteiger partial charge in [-0.25, -0.2) is 0 Å². The van der Waals surface area contributed by atoms with Crippen LogP contribution in [-0.2, 0) is 17.4 Å². The second-order valence-corrected chi connectivity index (χ2v) is 12.6. The first-order chi connectivity index (χ1) is 10.1. The Morgan fingerprint density at radius 3 is 1.14 bits per heavy atom. The molecule has 0 N–H and O–H groups in total. The van der Waals surface area contributed by atoms with Crippen molar-refractivity contribution >= 4 is 17.4 Å². The third-order valence-corrected chi connectivity index (χ3v) is 12.0. The van der Waals surface area contributed by atoms with Crippen molar-refractivity contribution in [2.24, 2.45) is 0 Å². The minimum atomic E-state index is -3.00. The van der Waals surface area contributed by atoms with E-state index in [9.17, 15) is 0 Å². The summed E-state index contributed by atoms with van der Waals surface area (Å²) in [6, 6.07) is 3.24. The Morgan fingerprint density at radius 2 is 0.905 bits per heavy atom. The van der Waals surface area contributed by atoms with Crippen molar-refractivity contribution < 1.29 is 17.4 Å². The molecule has 0 amide bonds. The van der Waals surface area contributed by atoms with Crippen molar-refractivity contribution in [3.8, 4) is 0 Å². The van der Waals surface area contributed by atoms with E-state index in [-0.39, 0.29) is 0 Å². The quantitative estimate of drug-likeness (QED) is 0.430. The molecule has 0 atom stereocenters. The lowest BCUT2D eigenvalue weighted by Crippen LogP contribution is -2.57. The molecule has 128 valence electrons. The van der Waals surface area contributed by atoms with Gasteiger partial charge >= 0.3 is 9.05 Å². The standard InChI is InChI=1S/C15H36O4Si2/c1-7-13-16-21(17-14-8-2,18-15-9-3)19-20(10-4,11-5)12-6/h7-15H2,1-6H3. The van der Waals surface area contributed by atoms with Gasteiger partial charge in [-0.2, -0.15) is 0 Å². The average molecular weight is 337 g/mol. The maximum Gasteiger partial charge on any atom is 0.669 e. The van der Waals surface area contributed by atoms with Gasteiger partial charge < -0.3 is 17.4 Å². The lowest BCUT2D eigenvalue weighted by Gasteiger charge is -2.37. The van der Waals surface area contributed by atoms with Crippen LogP contribution in [0.25, 0.3) is 0 Å². The van der Waals surface area contributed by atoms with E-state index in [4.69, 9.17) is 17.4 Å². The molecule has 0 aromatic heterocycles. The molecule has 0 unspecified atom stereocenters. The van der Waals surface area contributed by atoms with Crippen LogP contribution in [0.3, 0.4) is 0 Å². The molecule has 0 rings (SSSR count). The highest BCUT2D eigenvalue weighted by atomic mass is 28.5. The molecule has 0 radical (unpaired) electrons. The lowest BCUT2D eigenvalue weighted by atomic mass is 10.5. The summed E-state index contributed by atoms with van der Waals surface area (Å²) in [6.07, 6.45) is 2.84. The molecule has 0 aliphatic rings. The third-order valence-electron chi connectivity index (χ3n) is 3.72. The molecule has 0 saturated heterocycles. The second kappa shape index (κ2) is 11.8. The van der Waals surface area contributed by atoms with Crippen molar-refractivity contribution in [2.45, 2.75) is 78.9 Å². The van der Waals surface area contributed by atoms with E-state index in [1.54, 1.807) is 0 Å². The zero-order chi connectivity index (χ0) is 16.2. The minimum Gasteiger partial charge on any atom is -0.394 e. The lowest BCUT2D eigenvalue weighted by molar-refractivity contribution is -0.00296. The zero-order valence-corrected chi connectivity index (χ0v) is 17.0. The van der Waals surface area contributed by atoms with E-state index >= 15 is 0 Å². The summed E-state index contributed by atoms with van der Waals surface area (Å²) in [6.45, 7) is 14.9. The average Bonchev–Trinajstić information content (AvgIpc) is 2.54. The van der Waals surface area contributed by atoms with E-state index in [1.165, 1.54) is 0 Å². The first kappa shape index (κ1) is 21.3. The van der Waals surface area contributed by atoms with Gasteiger partial charge in [0.1, 0.15) is 0 Å². The maximum absolute atomic E-state index is 6.59. The fraction of sp³-hybridized carbons (Fsp3) is 1.00. The van der Waals surface area contributed by atoms with Crippen LogP contribution in [0.4, 0.5) is 0 Å². The van der Waals surface area contributed by atoms with Crippen molar-refractivity contribution in [2.75, 3.05) is 19.8 Å². The summed E-state index contributed by atoms with van der Waals surface area (Å²) in [7, 11) is -4.81. The van der Waals surface area contributed by atoms with Crippen LogP contribution in [0.1, 0.15) is 60.8 Å². The monoisotopic (exact) mass is 336 g/mol. The van der Waals surface area contributed by atoms with Gasteiger partial charge in [-0.3, -0.25) is 0 Å². The Bertz CT molecular complexity index is 218. The molecule has 0 heterocycles. The predicted molar refractivity (Wildman–Crippen MR) is 92.8 cm³/mol. The normalized spacial score (nSPS) is 12.9. The molecular formula is C15H36O4Si2. The highest BCUT2D eigenvalue weighted by molar-refractivity contribution is 6.80. The smallest absolute Gasteiger partial charge is 0.394 e. The van der Waals surface area contributed by atoms with Gasteiger partial charge in [-0.05, 0) is 37.4 Å². The summed E-state index contributed by atoms with van der Waals surface area (Å²) in [5.41, 5.74) is 0. The van der Waals surface area contributed by atoms with Crippen LogP contribution in [0.2, 0.25) is 18.1 Å². The maximum atomic E-state index is 6.59. The Hall–Kier alpha value is 0.274. The van der Waals surface area contributed by atoms with Crippen molar-refractivity contribution in [1.29, 1.82) is 0 Å². The highest BCUT2D eigenvalue weighted by Crippen LogP contribution is 2.28. The first-order valence-electron chi connectivity index (χ1n) is 8.69. The Balaban J connectivity index is 5.17. The van der Waals surface area contributed by atoms with Gasteiger partial charge in [0.2, 0.25) is 0 Å². The largest absolute Gasteiger partial charge is 0.669 e. The number of hydrogen-bond acceptors (Lipinski definition) is 4. The Labute approximate surface area is 134 Å². The van der Waals surface area contributed by atoms with Crippen LogP contribution in [0.5, 0.6) is 0 Å². The molecule has 6 heteroatoms. The second-order valence-electron chi connectivity index (χ2n) is 5.39. The van der Waals surface area contributed by atoms with Crippen molar-refractivity contribution in [1.82, 2.24) is 0 Å². The van der Waals surface area contributed by atoms with Crippen LogP contribution < -0.4 is 0 Å². The molecule has 0 saturated carbocycles. The molecule has 0 bridgehead atoms. The van der Waals surface area contributed by atoms with E-state index in [0.29, 0.717) is 19.8 Å². The summed E-state index contributed by atoms with van der Waals surface area (Å²) in [5, 5.41) is 0. The van der Waals surface area contributed by atoms with Gasteiger partial charge in [0.15, 0.2) is 8.32 Å². The van der Waals surface area contributed by atoms with Crippen LogP contribution in [0, 0.1) is 0 Å². The highest BCUT2D eigenvalue weighted by Gasteiger charge is 2.51. The van der Waals surface area contributed by atoms with Crippen molar-refractivity contribution in [3.05, 3.63) is 0 Å². The summed E-state index contributed by atoms with van der Waals surface area (Å²) >= 11 is 0. The first-order valence-corrected chi connectivity index (χ1v) is 12.9. The molecule has 4 nitrogen and oxygen atoms in total. The molecule has 21 heavy (non-hydrogen) atoms. The van der Waals surface area contributed by atoms with Crippen molar-refractivity contribution in [3.63, 3.8) is 0 Å². The summed E-state index contributed by atoms with van der Waals surface area (Å²) < 4.78 is 24.7. The fourth-order valence-corrected chi connectivity index (χ4v) is 9.80. The third kappa shape index (κ3) is 7.39. The van der Waals surface area contributed by atoms with Crippen LogP contribution >= 0.6 is 0 Å². The van der Waals surface area contributed by atoms with E-state index in [2.05, 4.69) is 41.5 Å². The molecule has 0 aliphatic heterocycles. The van der Waals surface area contributed by atoms with E-state index in [1.807, 2.05) is 0 Å². The van der Waals surface area contributed by atoms with Crippen LogP contribution in [0.15, 0.2) is 0 Å². The number of rotatable bonds is 14. The molecule has 0 spiro atoms. The van der Waals surface area contributed by atoms with E-state index in [0.717, 1.165) is 37.4 Å². The molecular weight excluding hydrogens is 300 g/mol. The zero-order valence-electron chi connectivity index (χ0n) is 15.0. The summed E-state index contributed by atoms with van der Waals surface area (Å²) in [4.78, 5) is 0. The van der Waals surface area contributed by atoms with E-state index < -0.39 is 17.4 Å². The predicted octanol–water partition coefficient (Wildman–Crippen LogP) is 4.72. The molecule has 0 aliphatic carbocycles. The van der Waals surface area contributed by atoms with Gasteiger partial charge in [-0.15, -0.1) is 0 Å². The van der Waals surface area contributed by atoms with Gasteiger partial charge in [0, 0.05) is 19.8 Å². The summed E-state index contributed by atoms with van der Waals surface area (Å²) in [5.74, 6) is 0. The fourth-order valence-electron chi connectivity index (χ4n) is 2.13. The minimum absolute atomic E-state index is 0.640. The Morgan fingerprint density at radius 1 is 0.571 bits per heavy atom. The number of hydrogen-bond donors (Lipinski definition) is 0. The molecule has 0 fully saturated rings. The SMILES string of the molecule is CCCO[Si](OCCC)(OCCC)O[Si](CC)(CC)CC. The van der Waals surface area contributed by atoms with Crippen LogP contribution in [-0.4, -0.2) is 37.2 Å². The van der Waals surface area contributed by atoms with Gasteiger partial charge in [0.25, 0.3) is 0 Å².